The van der Waals surface area contributed by atoms with Crippen molar-refractivity contribution in [2.24, 2.45) is 0 Å². The monoisotopic (exact) mass is 454 g/mol. The van der Waals surface area contributed by atoms with Gasteiger partial charge in [0.1, 0.15) is 0 Å². The molecule has 144 valence electrons. The minimum atomic E-state index is -0.579. The van der Waals surface area contributed by atoms with Crippen LogP contribution in [0.15, 0.2) is 36.7 Å². The number of carbonyl (C=O) groups is 4. The van der Waals surface area contributed by atoms with E-state index in [0.717, 1.165) is 24.3 Å². The summed E-state index contributed by atoms with van der Waals surface area (Å²) >= 11 is 0. The molecule has 8 nitrogen and oxygen atoms in total. The number of rotatable bonds is 2. The van der Waals surface area contributed by atoms with Crippen LogP contribution in [-0.2, 0) is 49.1 Å². The molecule has 0 spiro atoms. The number of esters is 4. The van der Waals surface area contributed by atoms with E-state index < -0.39 is 23.9 Å². The molecule has 0 aromatic rings. The van der Waals surface area contributed by atoms with E-state index in [1.54, 1.807) is 0 Å². The molecule has 3 rings (SSSR count). The molecule has 0 amide bonds. The number of hydrogen-bond donors (Lipinski definition) is 0. The Kier molecular flexibility index (Phi) is 10.4. The van der Waals surface area contributed by atoms with E-state index >= 15 is 0 Å². The fraction of sp³-hybridized carbons (Fsp3) is 0.353. The fourth-order valence-electron chi connectivity index (χ4n) is 1.53. The van der Waals surface area contributed by atoms with Crippen molar-refractivity contribution in [2.75, 3.05) is 0 Å². The third kappa shape index (κ3) is 8.74. The standard InChI is InChI=1S/C9H16N2.2C4H2O3.Pd/c1-8(2)10-5-6-11(7-10)9(3)4;2*5-3-1-2-4(6)7-3;/h5-6,8-9H,1-4H3;2*1-2H;. The molecule has 2 radical (unpaired) electrons. The SMILES string of the molecule is CC(C)N1[C]N(C(C)C)C=C1.O=C1C=CC(=O)O1.O=C1C=CC(=O)O1.[Pd]. The van der Waals surface area contributed by atoms with Crippen LogP contribution in [0.2, 0.25) is 0 Å². The molecule has 0 unspecified atom stereocenters. The zero-order valence-electron chi connectivity index (χ0n) is 14.8. The molecule has 3 heterocycles. The Balaban J connectivity index is 0.000000368. The maximum atomic E-state index is 9.92. The van der Waals surface area contributed by atoms with E-state index in [4.69, 9.17) is 0 Å². The van der Waals surface area contributed by atoms with E-state index in [2.05, 4.69) is 66.0 Å². The summed E-state index contributed by atoms with van der Waals surface area (Å²) in [6.45, 7) is 11.9. The molecular weight excluding hydrogens is 435 g/mol. The zero-order chi connectivity index (χ0) is 19.0. The van der Waals surface area contributed by atoms with E-state index in [1.807, 2.05) is 0 Å². The van der Waals surface area contributed by atoms with Gasteiger partial charge in [0.2, 0.25) is 6.67 Å². The number of nitrogens with zero attached hydrogens (tertiary/aromatic N) is 2. The topological polar surface area (TPSA) is 93.2 Å². The Morgan fingerprint density at radius 1 is 0.692 bits per heavy atom. The largest absolute Gasteiger partial charge is 0.387 e. The molecule has 3 aliphatic heterocycles. The third-order valence-electron chi connectivity index (χ3n) is 2.84. The Labute approximate surface area is 166 Å². The van der Waals surface area contributed by atoms with Crippen molar-refractivity contribution in [1.29, 1.82) is 0 Å². The minimum Gasteiger partial charge on any atom is -0.387 e. The van der Waals surface area contributed by atoms with E-state index in [9.17, 15) is 19.2 Å². The van der Waals surface area contributed by atoms with Crippen LogP contribution in [0.4, 0.5) is 0 Å². The predicted molar refractivity (Wildman–Crippen MR) is 86.8 cm³/mol. The normalized spacial score (nSPS) is 17.0. The predicted octanol–water partition coefficient (Wildman–Crippen LogP) is 1.14. The van der Waals surface area contributed by atoms with Crippen LogP contribution in [-0.4, -0.2) is 45.8 Å². The molecular formula is C17H20N2O6Pd. The number of cyclic esters (lactones) is 4. The van der Waals surface area contributed by atoms with Crippen molar-refractivity contribution < 1.29 is 49.1 Å². The van der Waals surface area contributed by atoms with Crippen LogP contribution in [0.5, 0.6) is 0 Å². The summed E-state index contributed by atoms with van der Waals surface area (Å²) in [7, 11) is 0. The quantitative estimate of drug-likeness (QED) is 0.348. The van der Waals surface area contributed by atoms with Gasteiger partial charge in [-0.3, -0.25) is 0 Å². The summed E-state index contributed by atoms with van der Waals surface area (Å²) in [5.74, 6) is -2.31. The Morgan fingerprint density at radius 2 is 0.962 bits per heavy atom. The van der Waals surface area contributed by atoms with Crippen LogP contribution in [0.1, 0.15) is 27.7 Å². The van der Waals surface area contributed by atoms with Crippen molar-refractivity contribution in [2.45, 2.75) is 39.8 Å². The van der Waals surface area contributed by atoms with Crippen LogP contribution in [0, 0.1) is 6.67 Å². The Bertz CT molecular complexity index is 541. The van der Waals surface area contributed by atoms with Gasteiger partial charge in [0.15, 0.2) is 0 Å². The second-order valence-electron chi connectivity index (χ2n) is 5.55. The van der Waals surface area contributed by atoms with Crippen molar-refractivity contribution in [1.82, 2.24) is 9.80 Å². The first-order chi connectivity index (χ1) is 11.7. The molecule has 0 saturated carbocycles. The van der Waals surface area contributed by atoms with E-state index in [-0.39, 0.29) is 20.4 Å². The summed E-state index contributed by atoms with van der Waals surface area (Å²) in [6, 6.07) is 1.02. The molecule has 3 aliphatic rings. The van der Waals surface area contributed by atoms with Crippen molar-refractivity contribution in [3.05, 3.63) is 43.4 Å². The average molecular weight is 455 g/mol. The number of hydrogen-bond acceptors (Lipinski definition) is 8. The van der Waals surface area contributed by atoms with Gasteiger partial charge in [-0.1, -0.05) is 0 Å². The van der Waals surface area contributed by atoms with Gasteiger partial charge in [0.25, 0.3) is 0 Å². The summed E-state index contributed by atoms with van der Waals surface area (Å²) in [4.78, 5) is 43.9. The zero-order valence-corrected chi connectivity index (χ0v) is 16.3. The van der Waals surface area contributed by atoms with Crippen molar-refractivity contribution in [3.8, 4) is 0 Å². The van der Waals surface area contributed by atoms with Crippen molar-refractivity contribution >= 4 is 23.9 Å². The smallest absolute Gasteiger partial charge is 0.338 e. The van der Waals surface area contributed by atoms with E-state index in [0.29, 0.717) is 12.1 Å². The molecule has 0 bridgehead atoms. The summed E-state index contributed by atoms with van der Waals surface area (Å²) in [6.07, 6.45) is 8.46. The molecule has 0 aromatic heterocycles. The Morgan fingerprint density at radius 3 is 1.08 bits per heavy atom. The van der Waals surface area contributed by atoms with Crippen molar-refractivity contribution in [3.63, 3.8) is 0 Å². The van der Waals surface area contributed by atoms with Gasteiger partial charge in [0, 0.05) is 69.2 Å². The molecule has 26 heavy (non-hydrogen) atoms. The maximum Gasteiger partial charge on any atom is 0.338 e. The minimum absolute atomic E-state index is 0. The summed E-state index contributed by atoms with van der Waals surface area (Å²) in [5, 5.41) is 0. The van der Waals surface area contributed by atoms with E-state index in [1.165, 1.54) is 0 Å². The van der Waals surface area contributed by atoms with Gasteiger partial charge in [-0.05, 0) is 27.7 Å². The second kappa shape index (κ2) is 11.4. The van der Waals surface area contributed by atoms with Crippen LogP contribution < -0.4 is 0 Å². The third-order valence-corrected chi connectivity index (χ3v) is 2.84. The Hall–Kier alpha value is -2.24. The van der Waals surface area contributed by atoms with Gasteiger partial charge in [-0.15, -0.1) is 0 Å². The van der Waals surface area contributed by atoms with Gasteiger partial charge in [-0.25, -0.2) is 19.2 Å². The molecule has 0 N–H and O–H groups in total. The fourth-order valence-corrected chi connectivity index (χ4v) is 1.53. The van der Waals surface area contributed by atoms with Gasteiger partial charge in [0.05, 0.1) is 0 Å². The maximum absolute atomic E-state index is 9.92. The first kappa shape index (κ1) is 23.8. The first-order valence-electron chi connectivity index (χ1n) is 7.58. The molecule has 0 aliphatic carbocycles. The van der Waals surface area contributed by atoms with Gasteiger partial charge in [-0.2, -0.15) is 0 Å². The van der Waals surface area contributed by atoms with Crippen LogP contribution >= 0.6 is 0 Å². The van der Waals surface area contributed by atoms with Crippen LogP contribution in [0.25, 0.3) is 0 Å². The first-order valence-corrected chi connectivity index (χ1v) is 7.58. The summed E-state index contributed by atoms with van der Waals surface area (Å²) < 4.78 is 7.94. The second-order valence-corrected chi connectivity index (χ2v) is 5.55. The number of ether oxygens (including phenoxy) is 2. The summed E-state index contributed by atoms with van der Waals surface area (Å²) in [5.41, 5.74) is 0. The molecule has 0 atom stereocenters. The van der Waals surface area contributed by atoms with Crippen LogP contribution in [0.3, 0.4) is 0 Å². The molecule has 9 heteroatoms. The van der Waals surface area contributed by atoms with Gasteiger partial charge >= 0.3 is 23.9 Å². The average Bonchev–Trinajstić information content (AvgIpc) is 3.23. The van der Waals surface area contributed by atoms with Gasteiger partial charge < -0.3 is 19.3 Å². The molecule has 0 fully saturated rings. The molecule has 0 aromatic carbocycles. The molecule has 0 saturated heterocycles. The number of carbonyl (C=O) groups excluding carboxylic acids is 4.